The van der Waals surface area contributed by atoms with E-state index < -0.39 is 0 Å². The minimum Gasteiger partial charge on any atom is -0.494 e. The van der Waals surface area contributed by atoms with Crippen molar-refractivity contribution >= 4 is 0 Å². The van der Waals surface area contributed by atoms with Gasteiger partial charge < -0.3 is 9.57 Å². The van der Waals surface area contributed by atoms with Crippen LogP contribution >= 0.6 is 0 Å². The fourth-order valence-electron chi connectivity index (χ4n) is 1.93. The van der Waals surface area contributed by atoms with E-state index in [1.807, 2.05) is 12.1 Å². The van der Waals surface area contributed by atoms with Gasteiger partial charge in [-0.2, -0.15) is 5.48 Å². The molecule has 0 atom stereocenters. The van der Waals surface area contributed by atoms with Crippen molar-refractivity contribution in [2.45, 2.75) is 52.0 Å². The molecule has 0 saturated heterocycles. The van der Waals surface area contributed by atoms with E-state index in [0.29, 0.717) is 6.54 Å². The standard InChI is InChI=1S/C16H27NO2/c1-3-4-5-6-7-8-13-19-16-11-9-15(10-12-16)14-17-18-2/h9-12,17H,3-8,13-14H2,1-2H3. The summed E-state index contributed by atoms with van der Waals surface area (Å²) in [5.41, 5.74) is 4.01. The molecule has 3 nitrogen and oxygen atoms in total. The molecule has 19 heavy (non-hydrogen) atoms. The van der Waals surface area contributed by atoms with Crippen LogP contribution in [0.3, 0.4) is 0 Å². The lowest BCUT2D eigenvalue weighted by Gasteiger charge is -2.07. The molecule has 0 saturated carbocycles. The molecule has 0 spiro atoms. The van der Waals surface area contributed by atoms with Crippen molar-refractivity contribution in [3.63, 3.8) is 0 Å². The van der Waals surface area contributed by atoms with Crippen molar-refractivity contribution < 1.29 is 9.57 Å². The smallest absolute Gasteiger partial charge is 0.119 e. The summed E-state index contributed by atoms with van der Waals surface area (Å²) in [6, 6.07) is 8.15. The predicted molar refractivity (Wildman–Crippen MR) is 79.2 cm³/mol. The third-order valence-electron chi connectivity index (χ3n) is 3.11. The van der Waals surface area contributed by atoms with E-state index in [1.165, 1.54) is 37.7 Å². The van der Waals surface area contributed by atoms with E-state index in [9.17, 15) is 0 Å². The number of benzene rings is 1. The van der Waals surface area contributed by atoms with Crippen LogP contribution in [0.1, 0.15) is 51.0 Å². The van der Waals surface area contributed by atoms with E-state index >= 15 is 0 Å². The summed E-state index contributed by atoms with van der Waals surface area (Å²) in [4.78, 5) is 4.81. The molecular formula is C16H27NO2. The van der Waals surface area contributed by atoms with Gasteiger partial charge in [0.2, 0.25) is 0 Å². The Hall–Kier alpha value is -1.06. The van der Waals surface area contributed by atoms with Gasteiger partial charge in [-0.1, -0.05) is 51.2 Å². The van der Waals surface area contributed by atoms with Crippen LogP contribution in [0.4, 0.5) is 0 Å². The molecule has 108 valence electrons. The first-order chi connectivity index (χ1) is 9.36. The molecule has 3 heteroatoms. The van der Waals surface area contributed by atoms with Crippen molar-refractivity contribution in [2.75, 3.05) is 13.7 Å². The van der Waals surface area contributed by atoms with Gasteiger partial charge in [0.1, 0.15) is 5.75 Å². The van der Waals surface area contributed by atoms with Crippen LogP contribution in [0.15, 0.2) is 24.3 Å². The zero-order valence-corrected chi connectivity index (χ0v) is 12.3. The highest BCUT2D eigenvalue weighted by Crippen LogP contribution is 2.13. The van der Waals surface area contributed by atoms with Gasteiger partial charge in [0.05, 0.1) is 13.7 Å². The Morgan fingerprint density at radius 2 is 1.63 bits per heavy atom. The molecule has 1 rings (SSSR count). The maximum atomic E-state index is 5.72. The Balaban J connectivity index is 2.09. The number of hydrogen-bond donors (Lipinski definition) is 1. The normalized spacial score (nSPS) is 10.6. The van der Waals surface area contributed by atoms with Crippen LogP contribution in [0.5, 0.6) is 5.75 Å². The topological polar surface area (TPSA) is 30.5 Å². The van der Waals surface area contributed by atoms with Crippen LogP contribution in [-0.2, 0) is 11.4 Å². The van der Waals surface area contributed by atoms with Crippen molar-refractivity contribution in [1.29, 1.82) is 0 Å². The van der Waals surface area contributed by atoms with Crippen LogP contribution in [0, 0.1) is 0 Å². The molecule has 0 bridgehead atoms. The second-order valence-electron chi connectivity index (χ2n) is 4.79. The van der Waals surface area contributed by atoms with E-state index in [1.54, 1.807) is 7.11 Å². The van der Waals surface area contributed by atoms with Gasteiger partial charge in [-0.05, 0) is 24.1 Å². The average molecular weight is 265 g/mol. The van der Waals surface area contributed by atoms with Gasteiger partial charge in [0.15, 0.2) is 0 Å². The molecule has 0 aliphatic heterocycles. The first kappa shape index (κ1) is 16.0. The number of unbranched alkanes of at least 4 members (excludes halogenated alkanes) is 5. The highest BCUT2D eigenvalue weighted by Gasteiger charge is 1.96. The van der Waals surface area contributed by atoms with Gasteiger partial charge in [-0.15, -0.1) is 0 Å². The highest BCUT2D eigenvalue weighted by molar-refractivity contribution is 5.27. The van der Waals surface area contributed by atoms with E-state index in [-0.39, 0.29) is 0 Å². The molecule has 1 aromatic rings. The van der Waals surface area contributed by atoms with Gasteiger partial charge in [0, 0.05) is 6.54 Å². The molecule has 1 N–H and O–H groups in total. The van der Waals surface area contributed by atoms with Crippen LogP contribution in [0.25, 0.3) is 0 Å². The maximum Gasteiger partial charge on any atom is 0.119 e. The summed E-state index contributed by atoms with van der Waals surface area (Å²) in [7, 11) is 1.62. The number of rotatable bonds is 11. The van der Waals surface area contributed by atoms with Crippen molar-refractivity contribution in [3.8, 4) is 5.75 Å². The second-order valence-corrected chi connectivity index (χ2v) is 4.79. The molecule has 0 amide bonds. The Kier molecular flexibility index (Phi) is 9.11. The minimum atomic E-state index is 0.716. The molecule has 1 aromatic carbocycles. The molecule has 0 aromatic heterocycles. The number of hydroxylamine groups is 1. The van der Waals surface area contributed by atoms with Crippen LogP contribution in [-0.4, -0.2) is 13.7 Å². The summed E-state index contributed by atoms with van der Waals surface area (Å²) in [5.74, 6) is 0.953. The van der Waals surface area contributed by atoms with Crippen LogP contribution in [0.2, 0.25) is 0 Å². The summed E-state index contributed by atoms with van der Waals surface area (Å²) in [6.07, 6.45) is 7.78. The van der Waals surface area contributed by atoms with Crippen molar-refractivity contribution in [3.05, 3.63) is 29.8 Å². The molecule has 0 unspecified atom stereocenters. The third-order valence-corrected chi connectivity index (χ3v) is 3.11. The monoisotopic (exact) mass is 265 g/mol. The lowest BCUT2D eigenvalue weighted by Crippen LogP contribution is -2.10. The Morgan fingerprint density at radius 3 is 2.32 bits per heavy atom. The van der Waals surface area contributed by atoms with Gasteiger partial charge >= 0.3 is 0 Å². The summed E-state index contributed by atoms with van der Waals surface area (Å²) in [5, 5.41) is 0. The van der Waals surface area contributed by atoms with Crippen LogP contribution < -0.4 is 10.2 Å². The number of nitrogens with one attached hydrogen (secondary N) is 1. The van der Waals surface area contributed by atoms with Gasteiger partial charge in [-0.3, -0.25) is 0 Å². The first-order valence-corrected chi connectivity index (χ1v) is 7.34. The Morgan fingerprint density at radius 1 is 0.947 bits per heavy atom. The lowest BCUT2D eigenvalue weighted by atomic mass is 10.1. The fraction of sp³-hybridized carbons (Fsp3) is 0.625. The van der Waals surface area contributed by atoms with Crippen molar-refractivity contribution in [2.24, 2.45) is 0 Å². The molecule has 0 radical (unpaired) electrons. The zero-order valence-electron chi connectivity index (χ0n) is 12.3. The fourth-order valence-corrected chi connectivity index (χ4v) is 1.93. The molecular weight excluding hydrogens is 238 g/mol. The third kappa shape index (κ3) is 7.85. The number of ether oxygens (including phenoxy) is 1. The Bertz CT molecular complexity index is 311. The maximum absolute atomic E-state index is 5.72. The molecule has 0 aliphatic carbocycles. The summed E-state index contributed by atoms with van der Waals surface area (Å²) >= 11 is 0. The SMILES string of the molecule is CCCCCCCCOc1ccc(CNOC)cc1. The van der Waals surface area contributed by atoms with E-state index in [2.05, 4.69) is 24.5 Å². The highest BCUT2D eigenvalue weighted by atomic mass is 16.6. The van der Waals surface area contributed by atoms with E-state index in [0.717, 1.165) is 18.8 Å². The molecule has 0 heterocycles. The van der Waals surface area contributed by atoms with Gasteiger partial charge in [-0.25, -0.2) is 0 Å². The molecule has 0 fully saturated rings. The predicted octanol–water partition coefficient (Wildman–Crippen LogP) is 4.08. The average Bonchev–Trinajstić information content (AvgIpc) is 2.45. The van der Waals surface area contributed by atoms with E-state index in [4.69, 9.17) is 9.57 Å². The largest absolute Gasteiger partial charge is 0.494 e. The Labute approximate surface area is 117 Å². The summed E-state index contributed by atoms with van der Waals surface area (Å²) in [6.45, 7) is 3.78. The lowest BCUT2D eigenvalue weighted by molar-refractivity contribution is 0.0867. The quantitative estimate of drug-likeness (QED) is 0.483. The van der Waals surface area contributed by atoms with Crippen molar-refractivity contribution in [1.82, 2.24) is 5.48 Å². The summed E-state index contributed by atoms with van der Waals surface area (Å²) < 4.78 is 5.72. The van der Waals surface area contributed by atoms with Gasteiger partial charge in [0.25, 0.3) is 0 Å². The zero-order chi connectivity index (χ0) is 13.8. The number of hydrogen-bond acceptors (Lipinski definition) is 3. The minimum absolute atomic E-state index is 0.716. The first-order valence-electron chi connectivity index (χ1n) is 7.34. The second kappa shape index (κ2) is 10.8. The molecule has 0 aliphatic rings.